The first-order valence-corrected chi connectivity index (χ1v) is 10.8. The van der Waals surface area contributed by atoms with Crippen LogP contribution in [0.25, 0.3) is 11.0 Å². The van der Waals surface area contributed by atoms with Gasteiger partial charge in [-0.05, 0) is 24.3 Å². The molecule has 3 aromatic rings. The van der Waals surface area contributed by atoms with Crippen LogP contribution in [0, 0.1) is 0 Å². The Labute approximate surface area is 172 Å². The molecule has 1 aliphatic rings. The molecular weight excluding hydrogens is 423 g/mol. The predicted octanol–water partition coefficient (Wildman–Crippen LogP) is 3.89. The lowest BCUT2D eigenvalue weighted by molar-refractivity contribution is 0.0668. The summed E-state index contributed by atoms with van der Waals surface area (Å²) in [5.74, 6) is -0.00979. The van der Waals surface area contributed by atoms with Gasteiger partial charge < -0.3 is 9.32 Å². The van der Waals surface area contributed by atoms with Crippen molar-refractivity contribution < 1.29 is 17.6 Å². The number of halogens is 2. The lowest BCUT2D eigenvalue weighted by Gasteiger charge is -2.33. The molecule has 0 spiro atoms. The summed E-state index contributed by atoms with van der Waals surface area (Å²) in [5, 5.41) is 1.04. The van der Waals surface area contributed by atoms with E-state index in [-0.39, 0.29) is 52.8 Å². The number of carbonyl (C=O) groups is 1. The highest BCUT2D eigenvalue weighted by molar-refractivity contribution is 7.89. The highest BCUT2D eigenvalue weighted by Gasteiger charge is 2.32. The zero-order chi connectivity index (χ0) is 19.9. The number of amides is 1. The molecular formula is C19H16Cl2N2O4S. The molecule has 28 heavy (non-hydrogen) atoms. The molecule has 146 valence electrons. The number of furan rings is 1. The van der Waals surface area contributed by atoms with Gasteiger partial charge in [0, 0.05) is 31.6 Å². The second kappa shape index (κ2) is 7.40. The molecule has 0 bridgehead atoms. The van der Waals surface area contributed by atoms with Crippen LogP contribution in [-0.2, 0) is 10.0 Å². The summed E-state index contributed by atoms with van der Waals surface area (Å²) < 4.78 is 32.7. The third-order valence-corrected chi connectivity index (χ3v) is 7.57. The van der Waals surface area contributed by atoms with E-state index >= 15 is 0 Å². The second-order valence-corrected chi connectivity index (χ2v) is 9.09. The molecule has 9 heteroatoms. The first-order chi connectivity index (χ1) is 13.4. The lowest BCUT2D eigenvalue weighted by Crippen LogP contribution is -2.50. The number of para-hydroxylation sites is 1. The van der Waals surface area contributed by atoms with Crippen LogP contribution < -0.4 is 0 Å². The largest absolute Gasteiger partial charge is 0.451 e. The van der Waals surface area contributed by atoms with Gasteiger partial charge in [0.1, 0.15) is 10.5 Å². The van der Waals surface area contributed by atoms with Gasteiger partial charge in [0.15, 0.2) is 5.76 Å². The molecule has 0 N–H and O–H groups in total. The van der Waals surface area contributed by atoms with Crippen LogP contribution in [0.15, 0.2) is 57.8 Å². The summed E-state index contributed by atoms with van der Waals surface area (Å²) in [4.78, 5) is 14.3. The molecule has 1 saturated heterocycles. The van der Waals surface area contributed by atoms with Crippen LogP contribution >= 0.6 is 23.2 Å². The van der Waals surface area contributed by atoms with Crippen molar-refractivity contribution in [3.63, 3.8) is 0 Å². The van der Waals surface area contributed by atoms with Gasteiger partial charge in [0.25, 0.3) is 5.91 Å². The van der Waals surface area contributed by atoms with E-state index in [1.165, 1.54) is 16.4 Å². The number of rotatable bonds is 3. The van der Waals surface area contributed by atoms with Crippen LogP contribution in [-0.4, -0.2) is 49.7 Å². The van der Waals surface area contributed by atoms with Crippen LogP contribution in [0.5, 0.6) is 0 Å². The highest BCUT2D eigenvalue weighted by atomic mass is 35.5. The monoisotopic (exact) mass is 438 g/mol. The average molecular weight is 439 g/mol. The molecule has 1 aromatic heterocycles. The van der Waals surface area contributed by atoms with Crippen molar-refractivity contribution in [2.75, 3.05) is 26.2 Å². The number of fused-ring (bicyclic) bond motifs is 1. The number of hydrogen-bond acceptors (Lipinski definition) is 4. The molecule has 0 atom stereocenters. The first kappa shape index (κ1) is 19.3. The fraction of sp³-hybridized carbons (Fsp3) is 0.211. The molecule has 1 amide bonds. The third kappa shape index (κ3) is 3.39. The van der Waals surface area contributed by atoms with Gasteiger partial charge in [0.05, 0.1) is 10.0 Å². The van der Waals surface area contributed by atoms with Gasteiger partial charge in [-0.2, -0.15) is 4.31 Å². The van der Waals surface area contributed by atoms with E-state index in [9.17, 15) is 13.2 Å². The molecule has 1 aliphatic heterocycles. The third-order valence-electron chi connectivity index (χ3n) is 4.70. The Morgan fingerprint density at radius 1 is 0.964 bits per heavy atom. The SMILES string of the molecule is O=C(c1cc2ccccc2o1)N1CCN(S(=O)(=O)c2cccc(Cl)c2Cl)CC1. The number of carbonyl (C=O) groups excluding carboxylic acids is 1. The molecule has 0 aliphatic carbocycles. The van der Waals surface area contributed by atoms with Crippen LogP contribution in [0.1, 0.15) is 10.6 Å². The van der Waals surface area contributed by atoms with E-state index in [0.717, 1.165) is 5.39 Å². The fourth-order valence-corrected chi connectivity index (χ4v) is 5.36. The summed E-state index contributed by atoms with van der Waals surface area (Å²) in [5.41, 5.74) is 0.641. The van der Waals surface area contributed by atoms with Crippen LogP contribution in [0.3, 0.4) is 0 Å². The molecule has 4 rings (SSSR count). The summed E-state index contributed by atoms with van der Waals surface area (Å²) in [6, 6.07) is 13.6. The number of benzene rings is 2. The summed E-state index contributed by atoms with van der Waals surface area (Å²) in [7, 11) is -3.79. The number of hydrogen-bond donors (Lipinski definition) is 0. The minimum absolute atomic E-state index is 0.00458. The standard InChI is InChI=1S/C19H16Cl2N2O4S/c20-14-5-3-7-17(18(14)21)28(25,26)23-10-8-22(9-11-23)19(24)16-12-13-4-1-2-6-15(13)27-16/h1-7,12H,8-11H2. The van der Waals surface area contributed by atoms with Crippen molar-refractivity contribution in [2.24, 2.45) is 0 Å². The minimum Gasteiger partial charge on any atom is -0.451 e. The Morgan fingerprint density at radius 3 is 2.39 bits per heavy atom. The molecule has 0 radical (unpaired) electrons. The normalized spacial score (nSPS) is 15.9. The smallest absolute Gasteiger partial charge is 0.289 e. The van der Waals surface area contributed by atoms with Gasteiger partial charge >= 0.3 is 0 Å². The minimum atomic E-state index is -3.79. The topological polar surface area (TPSA) is 70.8 Å². The molecule has 2 heterocycles. The Balaban J connectivity index is 1.49. The zero-order valence-corrected chi connectivity index (χ0v) is 17.0. The zero-order valence-electron chi connectivity index (χ0n) is 14.6. The predicted molar refractivity (Wildman–Crippen MR) is 107 cm³/mol. The summed E-state index contributed by atoms with van der Waals surface area (Å²) >= 11 is 12.0. The number of sulfonamides is 1. The van der Waals surface area contributed by atoms with Crippen LogP contribution in [0.4, 0.5) is 0 Å². The molecule has 6 nitrogen and oxygen atoms in total. The van der Waals surface area contributed by atoms with Crippen LogP contribution in [0.2, 0.25) is 10.0 Å². The average Bonchev–Trinajstić information content (AvgIpc) is 3.13. The fourth-order valence-electron chi connectivity index (χ4n) is 3.20. The van der Waals surface area contributed by atoms with Gasteiger partial charge in [-0.3, -0.25) is 4.79 Å². The van der Waals surface area contributed by atoms with E-state index < -0.39 is 10.0 Å². The Kier molecular flexibility index (Phi) is 5.09. The Bertz CT molecular complexity index is 1120. The van der Waals surface area contributed by atoms with Gasteiger partial charge in [0.2, 0.25) is 10.0 Å². The highest BCUT2D eigenvalue weighted by Crippen LogP contribution is 2.31. The second-order valence-electron chi connectivity index (χ2n) is 6.40. The van der Waals surface area contributed by atoms with Crippen molar-refractivity contribution >= 4 is 50.1 Å². The Hall–Kier alpha value is -2.06. The quantitative estimate of drug-likeness (QED) is 0.621. The number of piperazine rings is 1. The maximum absolute atomic E-state index is 12.9. The summed E-state index contributed by atoms with van der Waals surface area (Å²) in [6.07, 6.45) is 0. The van der Waals surface area contributed by atoms with Crippen molar-refractivity contribution in [2.45, 2.75) is 4.90 Å². The van der Waals surface area contributed by atoms with Gasteiger partial charge in [-0.25, -0.2) is 8.42 Å². The first-order valence-electron chi connectivity index (χ1n) is 8.60. The van der Waals surface area contributed by atoms with Gasteiger partial charge in [-0.1, -0.05) is 47.5 Å². The number of nitrogens with zero attached hydrogens (tertiary/aromatic N) is 2. The molecule has 0 unspecified atom stereocenters. The molecule has 1 fully saturated rings. The Morgan fingerprint density at radius 2 is 1.68 bits per heavy atom. The van der Waals surface area contributed by atoms with E-state index in [4.69, 9.17) is 27.6 Å². The van der Waals surface area contributed by atoms with E-state index in [2.05, 4.69) is 0 Å². The van der Waals surface area contributed by atoms with E-state index in [0.29, 0.717) is 5.58 Å². The molecule has 0 saturated carbocycles. The van der Waals surface area contributed by atoms with E-state index in [1.807, 2.05) is 18.2 Å². The van der Waals surface area contributed by atoms with Gasteiger partial charge in [-0.15, -0.1) is 0 Å². The molecule has 2 aromatic carbocycles. The maximum atomic E-state index is 12.9. The van der Waals surface area contributed by atoms with Crippen molar-refractivity contribution in [3.05, 3.63) is 64.3 Å². The van der Waals surface area contributed by atoms with E-state index in [1.54, 1.807) is 23.1 Å². The van der Waals surface area contributed by atoms with Crippen molar-refractivity contribution in [1.29, 1.82) is 0 Å². The maximum Gasteiger partial charge on any atom is 0.289 e. The lowest BCUT2D eigenvalue weighted by atomic mass is 10.2. The summed E-state index contributed by atoms with van der Waals surface area (Å²) in [6.45, 7) is 0.842. The van der Waals surface area contributed by atoms with Crippen molar-refractivity contribution in [3.8, 4) is 0 Å². The van der Waals surface area contributed by atoms with Crippen molar-refractivity contribution in [1.82, 2.24) is 9.21 Å².